The zero-order chi connectivity index (χ0) is 18.9. The maximum atomic E-state index is 12.7. The highest BCUT2D eigenvalue weighted by Crippen LogP contribution is 2.27. The fourth-order valence-corrected chi connectivity index (χ4v) is 4.57. The normalized spacial score (nSPS) is 15.8. The number of sulfonamides is 1. The van der Waals surface area contributed by atoms with Gasteiger partial charge in [-0.3, -0.25) is 10.1 Å². The molecule has 2 aromatic carbocycles. The van der Waals surface area contributed by atoms with E-state index in [1.807, 2.05) is 25.1 Å². The van der Waals surface area contributed by atoms with Gasteiger partial charge in [0.2, 0.25) is 10.0 Å². The molecule has 2 aromatic rings. The smallest absolute Gasteiger partial charge is 0.269 e. The summed E-state index contributed by atoms with van der Waals surface area (Å²) in [5.74, 6) is 0. The van der Waals surface area contributed by atoms with Crippen LogP contribution in [0.2, 0.25) is 5.02 Å². The van der Waals surface area contributed by atoms with Crippen LogP contribution in [0.25, 0.3) is 0 Å². The SMILES string of the molecule is Cc1ccc(Cl)cc1N1CCN(S(=O)(=O)c2ccc([N+](=O)[O-])cc2)CC1. The van der Waals surface area contributed by atoms with E-state index in [0.717, 1.165) is 11.3 Å². The van der Waals surface area contributed by atoms with E-state index in [1.54, 1.807) is 0 Å². The van der Waals surface area contributed by atoms with Crippen molar-refractivity contribution in [3.8, 4) is 0 Å². The molecule has 0 aliphatic carbocycles. The van der Waals surface area contributed by atoms with Crippen molar-refractivity contribution < 1.29 is 13.3 Å². The number of nitro groups is 1. The third-order valence-electron chi connectivity index (χ3n) is 4.44. The molecule has 1 fully saturated rings. The lowest BCUT2D eigenvalue weighted by Gasteiger charge is -2.36. The summed E-state index contributed by atoms with van der Waals surface area (Å²) < 4.78 is 26.9. The molecule has 1 aliphatic heterocycles. The highest BCUT2D eigenvalue weighted by molar-refractivity contribution is 7.89. The number of hydrogen-bond donors (Lipinski definition) is 0. The Morgan fingerprint density at radius 2 is 1.65 bits per heavy atom. The van der Waals surface area contributed by atoms with Crippen molar-refractivity contribution in [3.63, 3.8) is 0 Å². The molecule has 0 N–H and O–H groups in total. The van der Waals surface area contributed by atoms with Crippen LogP contribution in [0.3, 0.4) is 0 Å². The van der Waals surface area contributed by atoms with Crippen LogP contribution in [0.1, 0.15) is 5.56 Å². The molecule has 3 rings (SSSR count). The molecule has 0 amide bonds. The molecule has 0 spiro atoms. The lowest BCUT2D eigenvalue weighted by molar-refractivity contribution is -0.384. The van der Waals surface area contributed by atoms with Crippen molar-refractivity contribution in [1.29, 1.82) is 0 Å². The van der Waals surface area contributed by atoms with Crippen molar-refractivity contribution in [3.05, 3.63) is 63.2 Å². The summed E-state index contributed by atoms with van der Waals surface area (Å²) in [6.45, 7) is 3.77. The van der Waals surface area contributed by atoms with Crippen LogP contribution in [0.5, 0.6) is 0 Å². The monoisotopic (exact) mass is 395 g/mol. The van der Waals surface area contributed by atoms with E-state index in [2.05, 4.69) is 4.90 Å². The second-order valence-electron chi connectivity index (χ2n) is 6.07. The largest absolute Gasteiger partial charge is 0.369 e. The standard InChI is InChI=1S/C17H18ClN3O4S/c1-13-2-3-14(18)12-17(13)19-8-10-20(11-9-19)26(24,25)16-6-4-15(5-7-16)21(22)23/h2-7,12H,8-11H2,1H3. The van der Waals surface area contributed by atoms with Gasteiger partial charge in [0.15, 0.2) is 0 Å². The van der Waals surface area contributed by atoms with Gasteiger partial charge >= 0.3 is 0 Å². The Labute approximate surface area is 157 Å². The molecule has 9 heteroatoms. The van der Waals surface area contributed by atoms with Gasteiger partial charge in [-0.05, 0) is 36.8 Å². The van der Waals surface area contributed by atoms with E-state index in [4.69, 9.17) is 11.6 Å². The number of piperazine rings is 1. The fraction of sp³-hybridized carbons (Fsp3) is 0.294. The lowest BCUT2D eigenvalue weighted by Crippen LogP contribution is -2.48. The van der Waals surface area contributed by atoms with Crippen LogP contribution >= 0.6 is 11.6 Å². The number of anilines is 1. The minimum Gasteiger partial charge on any atom is -0.369 e. The molecule has 138 valence electrons. The molecule has 0 saturated carbocycles. The van der Waals surface area contributed by atoms with Crippen LogP contribution in [0, 0.1) is 17.0 Å². The van der Waals surface area contributed by atoms with Gasteiger partial charge in [0.05, 0.1) is 9.82 Å². The quantitative estimate of drug-likeness (QED) is 0.586. The Balaban J connectivity index is 1.74. The van der Waals surface area contributed by atoms with Gasteiger partial charge in [-0.2, -0.15) is 4.31 Å². The maximum Gasteiger partial charge on any atom is 0.269 e. The third-order valence-corrected chi connectivity index (χ3v) is 6.58. The molecular weight excluding hydrogens is 378 g/mol. The highest BCUT2D eigenvalue weighted by atomic mass is 35.5. The minimum atomic E-state index is -3.67. The minimum absolute atomic E-state index is 0.0653. The number of non-ortho nitro benzene ring substituents is 1. The van der Waals surface area contributed by atoms with Gasteiger partial charge in [-0.25, -0.2) is 8.42 Å². The first-order valence-corrected chi connectivity index (χ1v) is 9.86. The number of nitrogens with zero attached hydrogens (tertiary/aromatic N) is 3. The number of benzene rings is 2. The summed E-state index contributed by atoms with van der Waals surface area (Å²) in [4.78, 5) is 12.3. The molecule has 0 radical (unpaired) electrons. The lowest BCUT2D eigenvalue weighted by atomic mass is 10.1. The van der Waals surface area contributed by atoms with E-state index in [-0.39, 0.29) is 10.6 Å². The molecule has 1 saturated heterocycles. The van der Waals surface area contributed by atoms with Gasteiger partial charge in [0.25, 0.3) is 5.69 Å². The van der Waals surface area contributed by atoms with Crippen molar-refractivity contribution >= 4 is 33.0 Å². The number of hydrogen-bond acceptors (Lipinski definition) is 5. The Morgan fingerprint density at radius 3 is 2.23 bits per heavy atom. The van der Waals surface area contributed by atoms with Gasteiger partial charge in [-0.1, -0.05) is 17.7 Å². The second-order valence-corrected chi connectivity index (χ2v) is 8.45. The molecule has 7 nitrogen and oxygen atoms in total. The van der Waals surface area contributed by atoms with Gasteiger partial charge < -0.3 is 4.90 Å². The third kappa shape index (κ3) is 3.67. The molecule has 26 heavy (non-hydrogen) atoms. The van der Waals surface area contributed by atoms with Crippen LogP contribution in [-0.4, -0.2) is 43.8 Å². The zero-order valence-electron chi connectivity index (χ0n) is 14.1. The summed E-state index contributed by atoms with van der Waals surface area (Å²) in [6, 6.07) is 10.6. The van der Waals surface area contributed by atoms with Crippen LogP contribution in [0.4, 0.5) is 11.4 Å². The molecule has 0 unspecified atom stereocenters. The van der Waals surface area contributed by atoms with Crippen LogP contribution in [-0.2, 0) is 10.0 Å². The van der Waals surface area contributed by atoms with Gasteiger partial charge in [0.1, 0.15) is 0 Å². The number of nitro benzene ring substituents is 1. The Morgan fingerprint density at radius 1 is 1.04 bits per heavy atom. The average Bonchev–Trinajstić information content (AvgIpc) is 2.64. The van der Waals surface area contributed by atoms with E-state index < -0.39 is 14.9 Å². The molecule has 0 bridgehead atoms. The summed E-state index contributed by atoms with van der Waals surface area (Å²) in [6.07, 6.45) is 0. The van der Waals surface area contributed by atoms with Crippen LogP contribution in [0.15, 0.2) is 47.4 Å². The molecule has 0 aromatic heterocycles. The Bertz CT molecular complexity index is 924. The number of halogens is 1. The summed E-state index contributed by atoms with van der Waals surface area (Å²) in [7, 11) is -3.67. The highest BCUT2D eigenvalue weighted by Gasteiger charge is 2.29. The fourth-order valence-electron chi connectivity index (χ4n) is 2.98. The topological polar surface area (TPSA) is 83.8 Å². The van der Waals surface area contributed by atoms with Crippen molar-refractivity contribution in [1.82, 2.24) is 4.31 Å². The predicted octanol–water partition coefficient (Wildman–Crippen LogP) is 3.07. The van der Waals surface area contributed by atoms with E-state index in [9.17, 15) is 18.5 Å². The maximum absolute atomic E-state index is 12.7. The molecule has 1 aliphatic rings. The first kappa shape index (κ1) is 18.6. The van der Waals surface area contributed by atoms with E-state index >= 15 is 0 Å². The Kier molecular flexibility index (Phi) is 5.17. The number of rotatable bonds is 4. The summed E-state index contributed by atoms with van der Waals surface area (Å²) in [5.41, 5.74) is 1.95. The predicted molar refractivity (Wildman–Crippen MR) is 100 cm³/mol. The van der Waals surface area contributed by atoms with E-state index in [0.29, 0.717) is 31.2 Å². The Hall–Kier alpha value is -2.16. The molecule has 0 atom stereocenters. The van der Waals surface area contributed by atoms with Crippen molar-refractivity contribution in [2.75, 3.05) is 31.1 Å². The van der Waals surface area contributed by atoms with Crippen molar-refractivity contribution in [2.45, 2.75) is 11.8 Å². The molecule has 1 heterocycles. The van der Waals surface area contributed by atoms with Crippen molar-refractivity contribution in [2.24, 2.45) is 0 Å². The summed E-state index contributed by atoms with van der Waals surface area (Å²) >= 11 is 6.07. The van der Waals surface area contributed by atoms with Gasteiger partial charge in [-0.15, -0.1) is 0 Å². The van der Waals surface area contributed by atoms with E-state index in [1.165, 1.54) is 28.6 Å². The van der Waals surface area contributed by atoms with Crippen LogP contribution < -0.4 is 4.90 Å². The second kappa shape index (κ2) is 7.22. The number of aryl methyl sites for hydroxylation is 1. The average molecular weight is 396 g/mol. The molecular formula is C17H18ClN3O4S. The zero-order valence-corrected chi connectivity index (χ0v) is 15.7. The first-order valence-electron chi connectivity index (χ1n) is 8.05. The van der Waals surface area contributed by atoms with Gasteiger partial charge in [0, 0.05) is 49.0 Å². The summed E-state index contributed by atoms with van der Waals surface area (Å²) in [5, 5.41) is 11.4. The first-order chi connectivity index (χ1) is 12.3.